The van der Waals surface area contributed by atoms with Crippen LogP contribution in [0.5, 0.6) is 17.2 Å². The summed E-state index contributed by atoms with van der Waals surface area (Å²) in [5, 5.41) is 10.7. The maximum Gasteiger partial charge on any atom is 0.308 e. The molecule has 46 heavy (non-hydrogen) atoms. The topological polar surface area (TPSA) is 88.5 Å². The average Bonchev–Trinajstić information content (AvgIpc) is 3.66. The first-order valence-electron chi connectivity index (χ1n) is 16.3. The molecule has 2 aliphatic heterocycles. The Morgan fingerprint density at radius 1 is 1.04 bits per heavy atom. The normalized spacial score (nSPS) is 19.0. The molecule has 0 saturated carbocycles. The predicted octanol–water partition coefficient (Wildman–Crippen LogP) is 6.97. The van der Waals surface area contributed by atoms with Crippen LogP contribution in [0.2, 0.25) is 0 Å². The fraction of sp³-hybridized carbons (Fsp3) is 0.459. The lowest BCUT2D eigenvalue weighted by Gasteiger charge is -2.35. The third-order valence-electron chi connectivity index (χ3n) is 9.40. The molecule has 3 aromatic rings. The second kappa shape index (κ2) is 15.0. The Kier molecular flexibility index (Phi) is 10.8. The van der Waals surface area contributed by atoms with Gasteiger partial charge in [0.25, 0.3) is 0 Å². The molecule has 1 amide bonds. The maximum atomic E-state index is 14.5. The largest absolute Gasteiger partial charge is 0.496 e. The van der Waals surface area contributed by atoms with Gasteiger partial charge in [0.1, 0.15) is 11.6 Å². The van der Waals surface area contributed by atoms with Gasteiger partial charge < -0.3 is 24.2 Å². The van der Waals surface area contributed by atoms with Gasteiger partial charge in [-0.3, -0.25) is 14.5 Å². The van der Waals surface area contributed by atoms with Gasteiger partial charge >= 0.3 is 5.97 Å². The number of carbonyl (C=O) groups is 2. The van der Waals surface area contributed by atoms with Crippen molar-refractivity contribution in [1.29, 1.82) is 0 Å². The molecule has 0 aliphatic carbocycles. The lowest BCUT2D eigenvalue weighted by Crippen LogP contribution is -2.48. The van der Waals surface area contributed by atoms with Crippen LogP contribution in [0, 0.1) is 18.7 Å². The van der Waals surface area contributed by atoms with Crippen LogP contribution in [0.4, 0.5) is 10.1 Å². The summed E-state index contributed by atoms with van der Waals surface area (Å²) in [5.41, 5.74) is 2.98. The summed E-state index contributed by atoms with van der Waals surface area (Å²) in [7, 11) is 1.63. The average molecular weight is 633 g/mol. The number of hydrogen-bond donors (Lipinski definition) is 1. The molecule has 0 radical (unpaired) electrons. The summed E-state index contributed by atoms with van der Waals surface area (Å²) in [6, 6.07) is 17.7. The van der Waals surface area contributed by atoms with Crippen molar-refractivity contribution < 1.29 is 33.3 Å². The quantitative estimate of drug-likeness (QED) is 0.205. The number of likely N-dealkylation sites (tertiary alicyclic amines) is 1. The molecule has 2 aliphatic rings. The molecule has 9 heteroatoms. The van der Waals surface area contributed by atoms with Crippen LogP contribution in [0.25, 0.3) is 0 Å². The Morgan fingerprint density at radius 3 is 2.48 bits per heavy atom. The lowest BCUT2D eigenvalue weighted by molar-refractivity contribution is -0.143. The summed E-state index contributed by atoms with van der Waals surface area (Å²) in [5.74, 6) is -0.470. The van der Waals surface area contributed by atoms with E-state index in [0.29, 0.717) is 42.1 Å². The third-order valence-corrected chi connectivity index (χ3v) is 9.40. The highest BCUT2D eigenvalue weighted by molar-refractivity contribution is 5.95. The molecular formula is C37H45FN2O6. The lowest BCUT2D eigenvalue weighted by atomic mass is 9.83. The van der Waals surface area contributed by atoms with Gasteiger partial charge in [-0.25, -0.2) is 4.39 Å². The molecule has 8 nitrogen and oxygen atoms in total. The second-order valence-electron chi connectivity index (χ2n) is 12.4. The van der Waals surface area contributed by atoms with Gasteiger partial charge in [-0.15, -0.1) is 0 Å². The van der Waals surface area contributed by atoms with Crippen LogP contribution in [-0.2, 0) is 16.0 Å². The van der Waals surface area contributed by atoms with E-state index in [1.54, 1.807) is 26.2 Å². The number of carbonyl (C=O) groups excluding carboxylic acids is 1. The molecular weight excluding hydrogens is 587 g/mol. The van der Waals surface area contributed by atoms with E-state index in [0.717, 1.165) is 42.6 Å². The van der Waals surface area contributed by atoms with Crippen molar-refractivity contribution in [3.8, 4) is 17.2 Å². The smallest absolute Gasteiger partial charge is 0.308 e. The summed E-state index contributed by atoms with van der Waals surface area (Å²) in [6.07, 6.45) is 4.52. The van der Waals surface area contributed by atoms with Gasteiger partial charge in [-0.05, 0) is 85.7 Å². The number of aryl methyl sites for hydroxylation is 2. The van der Waals surface area contributed by atoms with E-state index in [1.807, 2.05) is 52.3 Å². The fourth-order valence-corrected chi connectivity index (χ4v) is 7.20. The standard InChI is InChI=1S/C37H45FN2O6/c1-5-9-27(10-6-2)40(28-15-16-30(38)24(3)19-28)35(41)22-39-21-29(26-14-18-33-34(20-26)46-23-45-33)36(37(42)43)31(39)17-13-25-11-7-8-12-32(25)44-4/h7-8,11-12,14-16,18-20,27,29,31,36H,5-6,9-10,13,17,21-23H2,1-4H3,(H,42,43)/t29-,31+,36?/m1/s1. The molecule has 5 rings (SSSR count). The van der Waals surface area contributed by atoms with E-state index in [4.69, 9.17) is 14.2 Å². The zero-order valence-corrected chi connectivity index (χ0v) is 27.2. The van der Waals surface area contributed by atoms with Crippen LogP contribution in [0.15, 0.2) is 60.7 Å². The number of halogens is 1. The van der Waals surface area contributed by atoms with E-state index >= 15 is 0 Å². The van der Waals surface area contributed by atoms with Crippen LogP contribution >= 0.6 is 0 Å². The molecule has 3 atom stereocenters. The van der Waals surface area contributed by atoms with Crippen molar-refractivity contribution in [2.24, 2.45) is 5.92 Å². The van der Waals surface area contributed by atoms with E-state index in [1.165, 1.54) is 6.07 Å². The molecule has 1 fully saturated rings. The number of para-hydroxylation sites is 1. The summed E-state index contributed by atoms with van der Waals surface area (Å²) in [6.45, 7) is 6.47. The van der Waals surface area contributed by atoms with Crippen LogP contribution in [-0.4, -0.2) is 61.0 Å². The highest BCUT2D eigenvalue weighted by Crippen LogP contribution is 2.43. The number of benzene rings is 3. The van der Waals surface area contributed by atoms with Gasteiger partial charge in [0.05, 0.1) is 19.6 Å². The van der Waals surface area contributed by atoms with E-state index in [-0.39, 0.29) is 37.0 Å². The van der Waals surface area contributed by atoms with Crippen LogP contribution in [0.3, 0.4) is 0 Å². The number of methoxy groups -OCH3 is 1. The molecule has 3 aromatic carbocycles. The van der Waals surface area contributed by atoms with E-state index < -0.39 is 17.9 Å². The molecule has 2 heterocycles. The first-order chi connectivity index (χ1) is 22.2. The fourth-order valence-electron chi connectivity index (χ4n) is 7.20. The number of nitrogens with zero attached hydrogens (tertiary/aromatic N) is 2. The van der Waals surface area contributed by atoms with Crippen LogP contribution < -0.4 is 19.1 Å². The van der Waals surface area contributed by atoms with Gasteiger partial charge in [-0.2, -0.15) is 0 Å². The number of carboxylic acid groups (broad SMARTS) is 1. The number of aliphatic carboxylic acids is 1. The van der Waals surface area contributed by atoms with Gasteiger partial charge in [0.15, 0.2) is 11.5 Å². The minimum absolute atomic E-state index is 0.0434. The summed E-state index contributed by atoms with van der Waals surface area (Å²) in [4.78, 5) is 31.4. The van der Waals surface area contributed by atoms with E-state index in [9.17, 15) is 19.1 Å². The summed E-state index contributed by atoms with van der Waals surface area (Å²) < 4.78 is 31.1. The Labute approximate surface area is 271 Å². The minimum atomic E-state index is -0.900. The number of fused-ring (bicyclic) bond motifs is 1. The highest BCUT2D eigenvalue weighted by atomic mass is 19.1. The molecule has 1 N–H and O–H groups in total. The Bertz CT molecular complexity index is 1520. The number of ether oxygens (including phenoxy) is 3. The van der Waals surface area contributed by atoms with Gasteiger partial charge in [0.2, 0.25) is 12.7 Å². The number of hydrogen-bond acceptors (Lipinski definition) is 6. The first-order valence-corrected chi connectivity index (χ1v) is 16.3. The van der Waals surface area contributed by atoms with Crippen molar-refractivity contribution in [2.75, 3.05) is 31.9 Å². The third kappa shape index (κ3) is 7.15. The molecule has 246 valence electrons. The second-order valence-corrected chi connectivity index (χ2v) is 12.4. The van der Waals surface area contributed by atoms with Crippen molar-refractivity contribution in [3.63, 3.8) is 0 Å². The predicted molar refractivity (Wildman–Crippen MR) is 175 cm³/mol. The monoisotopic (exact) mass is 632 g/mol. The first kappa shape index (κ1) is 33.3. The summed E-state index contributed by atoms with van der Waals surface area (Å²) >= 11 is 0. The Morgan fingerprint density at radius 2 is 1.78 bits per heavy atom. The molecule has 0 aromatic heterocycles. The maximum absolute atomic E-state index is 14.5. The van der Waals surface area contributed by atoms with Gasteiger partial charge in [-0.1, -0.05) is 51.0 Å². The zero-order valence-electron chi connectivity index (χ0n) is 27.2. The van der Waals surface area contributed by atoms with Crippen molar-refractivity contribution in [2.45, 2.75) is 77.3 Å². The Hall–Kier alpha value is -4.11. The SMILES string of the molecule is CCCC(CCC)N(C(=O)CN1C[C@H](c2ccc3c(c2)OCO3)C(C(=O)O)[C@@H]1CCc1ccccc1OC)c1ccc(F)c(C)c1. The highest BCUT2D eigenvalue weighted by Gasteiger charge is 2.47. The van der Waals surface area contributed by atoms with E-state index in [2.05, 4.69) is 13.8 Å². The zero-order chi connectivity index (χ0) is 32.8. The number of anilines is 1. The number of rotatable bonds is 14. The molecule has 1 unspecified atom stereocenters. The molecule has 0 bridgehead atoms. The molecule has 1 saturated heterocycles. The molecule has 0 spiro atoms. The van der Waals surface area contributed by atoms with Crippen molar-refractivity contribution in [1.82, 2.24) is 4.90 Å². The van der Waals surface area contributed by atoms with Gasteiger partial charge in [0, 0.05) is 30.2 Å². The minimum Gasteiger partial charge on any atom is -0.496 e. The number of amides is 1. The number of carboxylic acids is 1. The van der Waals surface area contributed by atoms with Crippen molar-refractivity contribution in [3.05, 3.63) is 83.2 Å². The van der Waals surface area contributed by atoms with Crippen molar-refractivity contribution >= 4 is 17.6 Å². The van der Waals surface area contributed by atoms with Crippen LogP contribution in [0.1, 0.15) is 68.6 Å². The Balaban J connectivity index is 1.50.